The van der Waals surface area contributed by atoms with Crippen LogP contribution in [0.1, 0.15) is 64.7 Å². The number of hydrogen-bond acceptors (Lipinski definition) is 2. The topological polar surface area (TPSA) is 40.5 Å². The first-order valence-electron chi connectivity index (χ1n) is 7.66. The van der Waals surface area contributed by atoms with Crippen LogP contribution >= 0.6 is 0 Å². The Bertz CT molecular complexity index is 223. The Kier molecular flexibility index (Phi) is 8.06. The lowest BCUT2D eigenvalue weighted by Crippen LogP contribution is -2.27. The molecule has 1 rings (SSSR count). The Morgan fingerprint density at radius 2 is 1.78 bits per heavy atom. The van der Waals surface area contributed by atoms with Crippen LogP contribution in [0.15, 0.2) is 0 Å². The molecule has 1 aliphatic rings. The van der Waals surface area contributed by atoms with Crippen molar-refractivity contribution in [3.05, 3.63) is 0 Å². The van der Waals surface area contributed by atoms with Gasteiger partial charge in [-0.05, 0) is 51.2 Å². The van der Waals surface area contributed by atoms with Gasteiger partial charge < -0.3 is 10.0 Å². The summed E-state index contributed by atoms with van der Waals surface area (Å²) in [4.78, 5) is 13.2. The van der Waals surface area contributed by atoms with E-state index in [1.165, 1.54) is 64.6 Å². The summed E-state index contributed by atoms with van der Waals surface area (Å²) in [7, 11) is 0. The number of likely N-dealkylation sites (tertiary alicyclic amines) is 1. The van der Waals surface area contributed by atoms with E-state index >= 15 is 0 Å². The first kappa shape index (κ1) is 15.5. The maximum Gasteiger partial charge on any atom is 0.303 e. The van der Waals surface area contributed by atoms with Crippen LogP contribution in [0.3, 0.4) is 0 Å². The van der Waals surface area contributed by atoms with Crippen LogP contribution in [0.4, 0.5) is 0 Å². The number of nitrogens with zero attached hydrogens (tertiary/aromatic N) is 1. The Morgan fingerprint density at radius 3 is 2.33 bits per heavy atom. The maximum atomic E-state index is 10.6. The minimum atomic E-state index is -0.647. The second kappa shape index (κ2) is 9.37. The molecule has 0 aromatic heterocycles. The Labute approximate surface area is 112 Å². The molecule has 1 fully saturated rings. The third kappa shape index (κ3) is 7.00. The van der Waals surface area contributed by atoms with Gasteiger partial charge in [0.15, 0.2) is 0 Å². The van der Waals surface area contributed by atoms with E-state index in [0.29, 0.717) is 12.3 Å². The lowest BCUT2D eigenvalue weighted by Gasteiger charge is -2.23. The van der Waals surface area contributed by atoms with Crippen LogP contribution < -0.4 is 0 Å². The zero-order valence-corrected chi connectivity index (χ0v) is 11.9. The Hall–Kier alpha value is -0.570. The summed E-state index contributed by atoms with van der Waals surface area (Å²) in [5, 5.41) is 8.77. The normalized spacial score (nSPS) is 19.4. The van der Waals surface area contributed by atoms with Crippen LogP contribution in [0.25, 0.3) is 0 Å². The highest BCUT2D eigenvalue weighted by atomic mass is 16.4. The highest BCUT2D eigenvalue weighted by Crippen LogP contribution is 2.19. The predicted octanol–water partition coefficient (Wildman–Crippen LogP) is 3.53. The molecule has 1 unspecified atom stereocenters. The number of carboxylic acids is 1. The van der Waals surface area contributed by atoms with Crippen molar-refractivity contribution in [1.29, 1.82) is 0 Å². The number of carboxylic acid groups (broad SMARTS) is 1. The van der Waals surface area contributed by atoms with E-state index in [-0.39, 0.29) is 0 Å². The van der Waals surface area contributed by atoms with Crippen molar-refractivity contribution in [2.24, 2.45) is 5.92 Å². The van der Waals surface area contributed by atoms with Gasteiger partial charge in [-0.15, -0.1) is 0 Å². The van der Waals surface area contributed by atoms with Gasteiger partial charge in [0.25, 0.3) is 0 Å². The lowest BCUT2D eigenvalue weighted by atomic mass is 9.94. The van der Waals surface area contributed by atoms with Gasteiger partial charge in [0, 0.05) is 6.42 Å². The summed E-state index contributed by atoms with van der Waals surface area (Å²) in [6.07, 6.45) is 10.2. The third-order valence-corrected chi connectivity index (χ3v) is 4.02. The molecular weight excluding hydrogens is 226 g/mol. The molecule has 1 saturated heterocycles. The summed E-state index contributed by atoms with van der Waals surface area (Å²) in [5.41, 5.74) is 0. The molecule has 0 radical (unpaired) electrons. The molecule has 1 N–H and O–H groups in total. The average Bonchev–Trinajstić information content (AvgIpc) is 2.61. The molecule has 0 aromatic rings. The molecule has 3 nitrogen and oxygen atoms in total. The molecule has 18 heavy (non-hydrogen) atoms. The standard InChI is InChI=1S/C15H29NO2/c1-2-7-14(8-9-15(17)18)10-13-16-11-5-3-4-6-12-16/h14H,2-13H2,1H3,(H,17,18). The van der Waals surface area contributed by atoms with Crippen molar-refractivity contribution < 1.29 is 9.90 Å². The highest BCUT2D eigenvalue weighted by Gasteiger charge is 2.14. The fourth-order valence-corrected chi connectivity index (χ4v) is 2.89. The fourth-order valence-electron chi connectivity index (χ4n) is 2.89. The van der Waals surface area contributed by atoms with Crippen LogP contribution in [0.2, 0.25) is 0 Å². The van der Waals surface area contributed by atoms with Crippen molar-refractivity contribution >= 4 is 5.97 Å². The molecule has 0 spiro atoms. The second-order valence-corrected chi connectivity index (χ2v) is 5.63. The van der Waals surface area contributed by atoms with E-state index in [1.807, 2.05) is 0 Å². The van der Waals surface area contributed by atoms with E-state index in [0.717, 1.165) is 6.42 Å². The zero-order valence-electron chi connectivity index (χ0n) is 11.9. The molecule has 106 valence electrons. The van der Waals surface area contributed by atoms with Gasteiger partial charge in [-0.25, -0.2) is 0 Å². The average molecular weight is 255 g/mol. The molecule has 0 aliphatic carbocycles. The first-order chi connectivity index (χ1) is 8.72. The molecule has 1 aliphatic heterocycles. The smallest absolute Gasteiger partial charge is 0.303 e. The van der Waals surface area contributed by atoms with Crippen molar-refractivity contribution in [3.63, 3.8) is 0 Å². The van der Waals surface area contributed by atoms with Gasteiger partial charge >= 0.3 is 5.97 Å². The van der Waals surface area contributed by atoms with Gasteiger partial charge in [-0.1, -0.05) is 32.6 Å². The van der Waals surface area contributed by atoms with Gasteiger partial charge in [0.2, 0.25) is 0 Å². The fraction of sp³-hybridized carbons (Fsp3) is 0.933. The molecule has 1 atom stereocenters. The van der Waals surface area contributed by atoms with Gasteiger partial charge in [0.05, 0.1) is 0 Å². The molecule has 0 amide bonds. The zero-order chi connectivity index (χ0) is 13.2. The number of aliphatic carboxylic acids is 1. The SMILES string of the molecule is CCCC(CCC(=O)O)CCN1CCCCCC1. The maximum absolute atomic E-state index is 10.6. The van der Waals surface area contributed by atoms with Crippen molar-refractivity contribution in [1.82, 2.24) is 4.90 Å². The van der Waals surface area contributed by atoms with Crippen LogP contribution in [0, 0.1) is 5.92 Å². The van der Waals surface area contributed by atoms with E-state index < -0.39 is 5.97 Å². The highest BCUT2D eigenvalue weighted by molar-refractivity contribution is 5.66. The molecule has 3 heteroatoms. The molecule has 1 heterocycles. The van der Waals surface area contributed by atoms with Crippen LogP contribution in [-0.2, 0) is 4.79 Å². The van der Waals surface area contributed by atoms with E-state index in [2.05, 4.69) is 11.8 Å². The lowest BCUT2D eigenvalue weighted by molar-refractivity contribution is -0.137. The largest absolute Gasteiger partial charge is 0.481 e. The van der Waals surface area contributed by atoms with Gasteiger partial charge in [-0.2, -0.15) is 0 Å². The van der Waals surface area contributed by atoms with Crippen molar-refractivity contribution in [2.75, 3.05) is 19.6 Å². The summed E-state index contributed by atoms with van der Waals surface area (Å²) in [6, 6.07) is 0. The van der Waals surface area contributed by atoms with Gasteiger partial charge in [-0.3, -0.25) is 4.79 Å². The summed E-state index contributed by atoms with van der Waals surface area (Å²) in [6.45, 7) is 5.86. The summed E-state index contributed by atoms with van der Waals surface area (Å²) in [5.74, 6) is -0.0415. The number of rotatable bonds is 8. The summed E-state index contributed by atoms with van der Waals surface area (Å²) < 4.78 is 0. The molecule has 0 aromatic carbocycles. The first-order valence-corrected chi connectivity index (χ1v) is 7.66. The minimum absolute atomic E-state index is 0.338. The number of hydrogen-bond donors (Lipinski definition) is 1. The predicted molar refractivity (Wildman–Crippen MR) is 74.8 cm³/mol. The third-order valence-electron chi connectivity index (χ3n) is 4.02. The van der Waals surface area contributed by atoms with Crippen molar-refractivity contribution in [3.8, 4) is 0 Å². The van der Waals surface area contributed by atoms with E-state index in [1.54, 1.807) is 0 Å². The monoisotopic (exact) mass is 255 g/mol. The Balaban J connectivity index is 2.24. The van der Waals surface area contributed by atoms with E-state index in [4.69, 9.17) is 5.11 Å². The van der Waals surface area contributed by atoms with Crippen LogP contribution in [0.5, 0.6) is 0 Å². The number of carbonyl (C=O) groups is 1. The molecule has 0 bridgehead atoms. The second-order valence-electron chi connectivity index (χ2n) is 5.63. The molecular formula is C15H29NO2. The minimum Gasteiger partial charge on any atom is -0.481 e. The quantitative estimate of drug-likeness (QED) is 0.721. The van der Waals surface area contributed by atoms with E-state index in [9.17, 15) is 4.79 Å². The van der Waals surface area contributed by atoms with Crippen LogP contribution in [-0.4, -0.2) is 35.6 Å². The van der Waals surface area contributed by atoms with Crippen molar-refractivity contribution in [2.45, 2.75) is 64.7 Å². The Morgan fingerprint density at radius 1 is 1.11 bits per heavy atom. The molecule has 0 saturated carbocycles. The van der Waals surface area contributed by atoms with Gasteiger partial charge in [0.1, 0.15) is 0 Å². The summed E-state index contributed by atoms with van der Waals surface area (Å²) >= 11 is 0.